The molecule has 0 N–H and O–H groups in total. The molecule has 6 heteroatoms. The molecular weight excluding hydrogens is 496 g/mol. The zero-order valence-electron chi connectivity index (χ0n) is 15.9. The molecule has 0 fully saturated rings. The Kier molecular flexibility index (Phi) is 6.21. The van der Waals surface area contributed by atoms with Gasteiger partial charge < -0.3 is 9.47 Å². The molecule has 0 saturated carbocycles. The number of nitrogens with zero attached hydrogens (tertiary/aromatic N) is 2. The van der Waals surface area contributed by atoms with Gasteiger partial charge in [0.05, 0.1) is 23.3 Å². The predicted octanol–water partition coefficient (Wildman–Crippen LogP) is 6.71. The van der Waals surface area contributed by atoms with Crippen LogP contribution < -0.4 is 9.47 Å². The topological polar surface area (TPSA) is 36.3 Å². The first-order valence-electron chi connectivity index (χ1n) is 9.42. The van der Waals surface area contributed by atoms with Gasteiger partial charge in [0.2, 0.25) is 5.88 Å². The van der Waals surface area contributed by atoms with E-state index in [-0.39, 0.29) is 0 Å². The first kappa shape index (κ1) is 20.0. The van der Waals surface area contributed by atoms with Crippen LogP contribution in [0.25, 0.3) is 22.0 Å². The van der Waals surface area contributed by atoms with Crippen LogP contribution in [0.2, 0.25) is 0 Å². The number of ether oxygens (including phenoxy) is 2. The summed E-state index contributed by atoms with van der Waals surface area (Å²) in [7, 11) is 0. The van der Waals surface area contributed by atoms with Crippen LogP contribution in [0.1, 0.15) is 6.92 Å². The van der Waals surface area contributed by atoms with Gasteiger partial charge in [0.1, 0.15) is 12.4 Å². The van der Waals surface area contributed by atoms with Crippen molar-refractivity contribution < 1.29 is 9.47 Å². The van der Waals surface area contributed by atoms with E-state index in [4.69, 9.17) is 14.6 Å². The number of rotatable bonds is 7. The lowest BCUT2D eigenvalue weighted by Crippen LogP contribution is -2.11. The first-order valence-corrected chi connectivity index (χ1v) is 11.0. The molecular formula is C23H20Br2N2O2. The minimum absolute atomic E-state index is 0.483. The zero-order chi connectivity index (χ0) is 20.2. The number of aromatic nitrogens is 2. The summed E-state index contributed by atoms with van der Waals surface area (Å²) in [4.78, 5) is 0. The Morgan fingerprint density at radius 2 is 1.76 bits per heavy atom. The third-order valence-corrected chi connectivity index (χ3v) is 5.86. The molecule has 0 atom stereocenters. The Bertz CT molecular complexity index is 1130. The molecule has 1 aromatic heterocycles. The number of halogens is 2. The van der Waals surface area contributed by atoms with Gasteiger partial charge in [-0.15, -0.1) is 0 Å². The molecule has 0 bridgehead atoms. The Balaban J connectivity index is 1.50. The van der Waals surface area contributed by atoms with Crippen LogP contribution in [0.3, 0.4) is 0 Å². The standard InChI is InChI=1S/C23H20Br2N2O2/c1-2-28-22-15-20(16-6-4-3-5-7-16)26-27(22)12-13-29-21-11-8-17-14-18(24)9-10-19(17)23(21)25/h3-11,14-15H,2,12-13H2,1H3. The minimum Gasteiger partial charge on any atom is -0.490 e. The number of hydrogen-bond acceptors (Lipinski definition) is 3. The molecule has 3 aromatic carbocycles. The van der Waals surface area contributed by atoms with Gasteiger partial charge in [-0.25, -0.2) is 4.68 Å². The molecule has 0 spiro atoms. The highest BCUT2D eigenvalue weighted by Crippen LogP contribution is 2.34. The van der Waals surface area contributed by atoms with E-state index in [9.17, 15) is 0 Å². The van der Waals surface area contributed by atoms with Crippen LogP contribution in [-0.2, 0) is 6.54 Å². The smallest absolute Gasteiger partial charge is 0.212 e. The lowest BCUT2D eigenvalue weighted by atomic mass is 10.1. The van der Waals surface area contributed by atoms with Gasteiger partial charge in [0.25, 0.3) is 0 Å². The third-order valence-electron chi connectivity index (χ3n) is 4.55. The number of hydrogen-bond donors (Lipinski definition) is 0. The summed E-state index contributed by atoms with van der Waals surface area (Å²) in [5.41, 5.74) is 1.96. The highest BCUT2D eigenvalue weighted by molar-refractivity contribution is 9.11. The van der Waals surface area contributed by atoms with Crippen molar-refractivity contribution in [3.05, 3.63) is 75.7 Å². The Hall–Kier alpha value is -2.31. The highest BCUT2D eigenvalue weighted by atomic mass is 79.9. The third kappa shape index (κ3) is 4.49. The van der Waals surface area contributed by atoms with Crippen molar-refractivity contribution in [2.75, 3.05) is 13.2 Å². The molecule has 1 heterocycles. The Labute approximate surface area is 186 Å². The van der Waals surface area contributed by atoms with E-state index in [0.29, 0.717) is 19.8 Å². The lowest BCUT2D eigenvalue weighted by molar-refractivity contribution is 0.259. The van der Waals surface area contributed by atoms with E-state index < -0.39 is 0 Å². The van der Waals surface area contributed by atoms with Gasteiger partial charge in [-0.3, -0.25) is 0 Å². The van der Waals surface area contributed by atoms with Gasteiger partial charge in [-0.1, -0.05) is 58.4 Å². The summed E-state index contributed by atoms with van der Waals surface area (Å²) >= 11 is 7.19. The van der Waals surface area contributed by atoms with Crippen LogP contribution in [0.5, 0.6) is 11.6 Å². The van der Waals surface area contributed by atoms with Crippen molar-refractivity contribution in [2.45, 2.75) is 13.5 Å². The van der Waals surface area contributed by atoms with Gasteiger partial charge in [0.15, 0.2) is 0 Å². The Morgan fingerprint density at radius 3 is 2.55 bits per heavy atom. The quantitative estimate of drug-likeness (QED) is 0.274. The molecule has 0 unspecified atom stereocenters. The molecule has 0 saturated heterocycles. The van der Waals surface area contributed by atoms with Crippen molar-refractivity contribution in [1.82, 2.24) is 9.78 Å². The summed E-state index contributed by atoms with van der Waals surface area (Å²) in [6, 6.07) is 22.3. The second-order valence-electron chi connectivity index (χ2n) is 6.48. The summed E-state index contributed by atoms with van der Waals surface area (Å²) in [5.74, 6) is 1.56. The number of benzene rings is 3. The highest BCUT2D eigenvalue weighted by Gasteiger charge is 2.12. The molecule has 148 valence electrons. The summed E-state index contributed by atoms with van der Waals surface area (Å²) in [5, 5.41) is 6.97. The molecule has 0 aliphatic rings. The van der Waals surface area contributed by atoms with E-state index in [1.807, 2.05) is 60.1 Å². The summed E-state index contributed by atoms with van der Waals surface area (Å²) < 4.78 is 15.7. The normalized spacial score (nSPS) is 11.0. The van der Waals surface area contributed by atoms with Gasteiger partial charge in [-0.05, 0) is 51.8 Å². The fourth-order valence-electron chi connectivity index (χ4n) is 3.17. The molecule has 4 rings (SSSR count). The van der Waals surface area contributed by atoms with Crippen molar-refractivity contribution in [2.24, 2.45) is 0 Å². The largest absolute Gasteiger partial charge is 0.490 e. The van der Waals surface area contributed by atoms with Crippen LogP contribution in [-0.4, -0.2) is 23.0 Å². The van der Waals surface area contributed by atoms with E-state index >= 15 is 0 Å². The molecule has 0 aliphatic heterocycles. The maximum atomic E-state index is 6.05. The number of fused-ring (bicyclic) bond motifs is 1. The predicted molar refractivity (Wildman–Crippen MR) is 124 cm³/mol. The molecule has 0 radical (unpaired) electrons. The monoisotopic (exact) mass is 514 g/mol. The maximum Gasteiger partial charge on any atom is 0.212 e. The van der Waals surface area contributed by atoms with Crippen molar-refractivity contribution >= 4 is 42.6 Å². The van der Waals surface area contributed by atoms with E-state index in [1.165, 1.54) is 0 Å². The second-order valence-corrected chi connectivity index (χ2v) is 8.19. The van der Waals surface area contributed by atoms with Crippen molar-refractivity contribution in [3.63, 3.8) is 0 Å². The average Bonchev–Trinajstić information content (AvgIpc) is 3.13. The van der Waals surface area contributed by atoms with Crippen LogP contribution >= 0.6 is 31.9 Å². The van der Waals surface area contributed by atoms with Crippen LogP contribution in [0, 0.1) is 0 Å². The van der Waals surface area contributed by atoms with E-state index in [1.54, 1.807) is 0 Å². The molecule has 0 aliphatic carbocycles. The van der Waals surface area contributed by atoms with Crippen molar-refractivity contribution in [3.8, 4) is 22.9 Å². The minimum atomic E-state index is 0.483. The van der Waals surface area contributed by atoms with Crippen molar-refractivity contribution in [1.29, 1.82) is 0 Å². The zero-order valence-corrected chi connectivity index (χ0v) is 19.1. The summed E-state index contributed by atoms with van der Waals surface area (Å²) in [6.45, 7) is 3.64. The fourth-order valence-corrected chi connectivity index (χ4v) is 4.16. The second kappa shape index (κ2) is 9.01. The fraction of sp³-hybridized carbons (Fsp3) is 0.174. The van der Waals surface area contributed by atoms with E-state index in [2.05, 4.69) is 50.1 Å². The first-order chi connectivity index (χ1) is 14.2. The molecule has 0 amide bonds. The maximum absolute atomic E-state index is 6.05. The Morgan fingerprint density at radius 1 is 0.931 bits per heavy atom. The molecule has 4 aromatic rings. The van der Waals surface area contributed by atoms with E-state index in [0.717, 1.165) is 42.6 Å². The summed E-state index contributed by atoms with van der Waals surface area (Å²) in [6.07, 6.45) is 0. The lowest BCUT2D eigenvalue weighted by Gasteiger charge is -2.12. The average molecular weight is 516 g/mol. The van der Waals surface area contributed by atoms with Gasteiger partial charge in [-0.2, -0.15) is 5.10 Å². The van der Waals surface area contributed by atoms with Gasteiger partial charge >= 0.3 is 0 Å². The molecule has 29 heavy (non-hydrogen) atoms. The van der Waals surface area contributed by atoms with Crippen LogP contribution in [0.15, 0.2) is 75.7 Å². The van der Waals surface area contributed by atoms with Gasteiger partial charge in [0, 0.05) is 16.1 Å². The molecule has 4 nitrogen and oxygen atoms in total. The van der Waals surface area contributed by atoms with Crippen LogP contribution in [0.4, 0.5) is 0 Å². The SMILES string of the molecule is CCOc1cc(-c2ccccc2)nn1CCOc1ccc2cc(Br)ccc2c1Br.